The zero-order valence-electron chi connectivity index (χ0n) is 16.1. The van der Waals surface area contributed by atoms with Crippen LogP contribution in [0.2, 0.25) is 5.02 Å². The molecule has 8 heteroatoms. The van der Waals surface area contributed by atoms with Crippen LogP contribution in [0.1, 0.15) is 18.4 Å². The zero-order valence-corrected chi connectivity index (χ0v) is 19.2. The third-order valence-corrected chi connectivity index (χ3v) is 5.63. The Balaban J connectivity index is 0.00000225. The van der Waals surface area contributed by atoms with Gasteiger partial charge in [-0.25, -0.2) is 0 Å². The molecule has 2 aliphatic rings. The van der Waals surface area contributed by atoms with Crippen molar-refractivity contribution in [3.63, 3.8) is 0 Å². The Morgan fingerprint density at radius 1 is 1.32 bits per heavy atom. The number of nitrogens with one attached hydrogen (secondary N) is 2. The van der Waals surface area contributed by atoms with Gasteiger partial charge < -0.3 is 24.7 Å². The summed E-state index contributed by atoms with van der Waals surface area (Å²) in [4.78, 5) is 10.1. The highest BCUT2D eigenvalue weighted by molar-refractivity contribution is 14.0. The Morgan fingerprint density at radius 3 is 2.96 bits per heavy atom. The molecule has 4 rings (SSSR count). The van der Waals surface area contributed by atoms with E-state index in [0.29, 0.717) is 6.61 Å². The summed E-state index contributed by atoms with van der Waals surface area (Å²) in [5.74, 6) is 0.930. The first-order chi connectivity index (χ1) is 13.2. The number of morpholine rings is 1. The maximum atomic E-state index is 6.15. The molecule has 0 bridgehead atoms. The molecule has 2 saturated heterocycles. The molecule has 0 aliphatic carbocycles. The number of aromatic nitrogens is 1. The summed E-state index contributed by atoms with van der Waals surface area (Å²) >= 11 is 6.15. The number of halogens is 2. The number of nitrogens with zero attached hydrogens (tertiary/aromatic N) is 2. The van der Waals surface area contributed by atoms with Gasteiger partial charge in [-0.3, -0.25) is 4.99 Å². The number of rotatable bonds is 4. The molecule has 2 aromatic rings. The summed E-state index contributed by atoms with van der Waals surface area (Å²) in [5, 5.41) is 5.45. The molecule has 2 atom stereocenters. The van der Waals surface area contributed by atoms with Gasteiger partial charge in [0.2, 0.25) is 0 Å². The Bertz CT molecular complexity index is 807. The predicted molar refractivity (Wildman–Crippen MR) is 124 cm³/mol. The number of benzene rings is 1. The van der Waals surface area contributed by atoms with Crippen molar-refractivity contribution in [2.75, 3.05) is 39.9 Å². The Labute approximate surface area is 188 Å². The molecule has 6 nitrogen and oxygen atoms in total. The van der Waals surface area contributed by atoms with Crippen LogP contribution in [-0.4, -0.2) is 67.9 Å². The lowest BCUT2D eigenvalue weighted by molar-refractivity contribution is -0.0816. The van der Waals surface area contributed by atoms with Gasteiger partial charge in [0, 0.05) is 55.4 Å². The second-order valence-corrected chi connectivity index (χ2v) is 7.57. The molecule has 0 spiro atoms. The fourth-order valence-corrected chi connectivity index (χ4v) is 4.16. The normalized spacial score (nSPS) is 23.1. The van der Waals surface area contributed by atoms with E-state index in [1.165, 1.54) is 10.9 Å². The van der Waals surface area contributed by atoms with Gasteiger partial charge in [-0.1, -0.05) is 11.6 Å². The molecule has 1 aromatic carbocycles. The average molecular weight is 519 g/mol. The molecule has 2 fully saturated rings. The quantitative estimate of drug-likeness (QED) is 0.370. The Kier molecular flexibility index (Phi) is 7.85. The third-order valence-electron chi connectivity index (χ3n) is 5.39. The van der Waals surface area contributed by atoms with Gasteiger partial charge >= 0.3 is 0 Å². The number of guanidine groups is 1. The van der Waals surface area contributed by atoms with Crippen LogP contribution in [0.5, 0.6) is 0 Å². The van der Waals surface area contributed by atoms with Gasteiger partial charge in [-0.05, 0) is 43.0 Å². The van der Waals surface area contributed by atoms with E-state index in [9.17, 15) is 0 Å². The molecule has 28 heavy (non-hydrogen) atoms. The number of H-pyrrole nitrogens is 1. The highest BCUT2D eigenvalue weighted by Crippen LogP contribution is 2.23. The zero-order chi connectivity index (χ0) is 18.6. The van der Waals surface area contributed by atoms with Gasteiger partial charge in [0.1, 0.15) is 6.10 Å². The van der Waals surface area contributed by atoms with E-state index < -0.39 is 0 Å². The smallest absolute Gasteiger partial charge is 0.193 e. The van der Waals surface area contributed by atoms with Gasteiger partial charge in [-0.15, -0.1) is 24.0 Å². The number of ether oxygens (including phenoxy) is 2. The van der Waals surface area contributed by atoms with E-state index in [-0.39, 0.29) is 36.2 Å². The molecule has 3 heterocycles. The van der Waals surface area contributed by atoms with Crippen molar-refractivity contribution in [2.45, 2.75) is 31.5 Å². The summed E-state index contributed by atoms with van der Waals surface area (Å²) < 4.78 is 11.8. The van der Waals surface area contributed by atoms with Crippen molar-refractivity contribution in [1.29, 1.82) is 0 Å². The number of aromatic amines is 1. The minimum absolute atomic E-state index is 0. The van der Waals surface area contributed by atoms with Crippen molar-refractivity contribution < 1.29 is 9.47 Å². The van der Waals surface area contributed by atoms with Crippen LogP contribution in [0.3, 0.4) is 0 Å². The maximum Gasteiger partial charge on any atom is 0.193 e. The van der Waals surface area contributed by atoms with Crippen molar-refractivity contribution in [2.24, 2.45) is 4.99 Å². The summed E-state index contributed by atoms with van der Waals surface area (Å²) in [7, 11) is 1.84. The maximum absolute atomic E-state index is 6.15. The molecule has 0 saturated carbocycles. The summed E-state index contributed by atoms with van der Waals surface area (Å²) in [5.41, 5.74) is 2.38. The SMILES string of the molecule is CN=C(NCCc1c[nH]c2ccc(Cl)cc12)N1CCOC(C2CCCO2)C1.I. The molecular formula is C20H28ClIN4O2. The fourth-order valence-electron chi connectivity index (χ4n) is 3.99. The molecule has 1 aromatic heterocycles. The molecule has 0 amide bonds. The molecule has 2 N–H and O–H groups in total. The van der Waals surface area contributed by atoms with Gasteiger partial charge in [-0.2, -0.15) is 0 Å². The molecule has 0 radical (unpaired) electrons. The van der Waals surface area contributed by atoms with Crippen LogP contribution >= 0.6 is 35.6 Å². The number of fused-ring (bicyclic) bond motifs is 1. The minimum Gasteiger partial charge on any atom is -0.375 e. The monoisotopic (exact) mass is 518 g/mol. The predicted octanol–water partition coefficient (Wildman–Crippen LogP) is 3.44. The minimum atomic E-state index is 0. The molecular weight excluding hydrogens is 491 g/mol. The van der Waals surface area contributed by atoms with Crippen LogP contribution in [-0.2, 0) is 15.9 Å². The highest BCUT2D eigenvalue weighted by atomic mass is 127. The molecule has 2 aliphatic heterocycles. The van der Waals surface area contributed by atoms with E-state index in [1.54, 1.807) is 0 Å². The first-order valence-corrected chi connectivity index (χ1v) is 10.1. The van der Waals surface area contributed by atoms with Crippen molar-refractivity contribution in [3.8, 4) is 0 Å². The van der Waals surface area contributed by atoms with Crippen LogP contribution < -0.4 is 5.32 Å². The van der Waals surface area contributed by atoms with Crippen molar-refractivity contribution in [3.05, 3.63) is 35.0 Å². The van der Waals surface area contributed by atoms with Crippen molar-refractivity contribution >= 4 is 52.4 Å². The Morgan fingerprint density at radius 2 is 2.18 bits per heavy atom. The van der Waals surface area contributed by atoms with Crippen LogP contribution in [0.4, 0.5) is 0 Å². The second-order valence-electron chi connectivity index (χ2n) is 7.13. The largest absolute Gasteiger partial charge is 0.375 e. The van der Waals surface area contributed by atoms with E-state index in [1.807, 2.05) is 25.2 Å². The topological polar surface area (TPSA) is 61.9 Å². The number of aliphatic imine (C=N–C) groups is 1. The summed E-state index contributed by atoms with van der Waals surface area (Å²) in [6, 6.07) is 5.95. The second kappa shape index (κ2) is 10.1. The van der Waals surface area contributed by atoms with E-state index >= 15 is 0 Å². The number of hydrogen-bond acceptors (Lipinski definition) is 3. The molecule has 2 unspecified atom stereocenters. The summed E-state index contributed by atoms with van der Waals surface area (Å²) in [6.07, 6.45) is 5.55. The van der Waals surface area contributed by atoms with Gasteiger partial charge in [0.15, 0.2) is 5.96 Å². The van der Waals surface area contributed by atoms with Gasteiger partial charge in [0.05, 0.1) is 12.7 Å². The first-order valence-electron chi connectivity index (χ1n) is 9.69. The van der Waals surface area contributed by atoms with Crippen molar-refractivity contribution in [1.82, 2.24) is 15.2 Å². The van der Waals surface area contributed by atoms with E-state index in [0.717, 1.165) is 62.0 Å². The van der Waals surface area contributed by atoms with Crippen LogP contribution in [0.25, 0.3) is 10.9 Å². The van der Waals surface area contributed by atoms with E-state index in [4.69, 9.17) is 21.1 Å². The number of hydrogen-bond donors (Lipinski definition) is 2. The average Bonchev–Trinajstić information content (AvgIpc) is 3.36. The van der Waals surface area contributed by atoms with Crippen LogP contribution in [0.15, 0.2) is 29.4 Å². The summed E-state index contributed by atoms with van der Waals surface area (Å²) in [6.45, 7) is 4.06. The lowest BCUT2D eigenvalue weighted by Gasteiger charge is -2.37. The lowest BCUT2D eigenvalue weighted by atomic mass is 10.1. The molecule has 154 valence electrons. The standard InChI is InChI=1S/C20H27ClN4O2.HI/c1-22-20(25-8-10-27-19(13-25)18-3-2-9-26-18)23-7-6-14-12-24-17-5-4-15(21)11-16(14)17;/h4-5,11-12,18-19,24H,2-3,6-10,13H2,1H3,(H,22,23);1H. The van der Waals surface area contributed by atoms with Crippen LogP contribution in [0, 0.1) is 0 Å². The first kappa shape index (κ1) is 21.7. The Hall–Kier alpha value is -1.03. The third kappa shape index (κ3) is 4.93. The lowest BCUT2D eigenvalue weighted by Crippen LogP contribution is -2.53. The van der Waals surface area contributed by atoms with Gasteiger partial charge in [0.25, 0.3) is 0 Å². The highest BCUT2D eigenvalue weighted by Gasteiger charge is 2.32. The fraction of sp³-hybridized carbons (Fsp3) is 0.550. The van der Waals surface area contributed by atoms with E-state index in [2.05, 4.69) is 26.4 Å².